The number of alkyl halides is 1. The molecule has 0 heterocycles. The van der Waals surface area contributed by atoms with Gasteiger partial charge < -0.3 is 0 Å². The van der Waals surface area contributed by atoms with Gasteiger partial charge in [0.2, 0.25) is 0 Å². The van der Waals surface area contributed by atoms with Gasteiger partial charge in [-0.15, -0.1) is 0 Å². The highest BCUT2D eigenvalue weighted by Gasteiger charge is 2.15. The topological polar surface area (TPSA) is 23.8 Å². The molecule has 74 valence electrons. The van der Waals surface area contributed by atoms with Gasteiger partial charge in [-0.25, -0.2) is 0 Å². The van der Waals surface area contributed by atoms with Gasteiger partial charge in [0, 0.05) is 11.8 Å². The predicted octanol–water partition coefficient (Wildman–Crippen LogP) is 3.88. The molecule has 1 nitrogen and oxygen atoms in total. The molecule has 2 aliphatic rings. The van der Waals surface area contributed by atoms with E-state index in [-0.39, 0.29) is 0 Å². The van der Waals surface area contributed by atoms with Crippen molar-refractivity contribution < 1.29 is 0 Å². The summed E-state index contributed by atoms with van der Waals surface area (Å²) in [7, 11) is 0. The Morgan fingerprint density at radius 1 is 1.08 bits per heavy atom. The first-order valence-corrected chi connectivity index (χ1v) is 6.42. The van der Waals surface area contributed by atoms with Gasteiger partial charge in [-0.3, -0.25) is 0 Å². The van der Waals surface area contributed by atoms with Gasteiger partial charge >= 0.3 is 0 Å². The van der Waals surface area contributed by atoms with Crippen LogP contribution in [-0.2, 0) is 0 Å². The molecule has 0 atom stereocenters. The zero-order valence-electron chi connectivity index (χ0n) is 8.14. The van der Waals surface area contributed by atoms with Crippen LogP contribution in [-0.4, -0.2) is 5.33 Å². The molecule has 0 aromatic rings. The summed E-state index contributed by atoms with van der Waals surface area (Å²) in [5.41, 5.74) is 0. The van der Waals surface area contributed by atoms with Crippen LogP contribution >= 0.6 is 15.9 Å². The summed E-state index contributed by atoms with van der Waals surface area (Å²) in [5.74, 6) is 1.80. The van der Waals surface area contributed by atoms with E-state index in [0.717, 1.165) is 18.3 Å². The summed E-state index contributed by atoms with van der Waals surface area (Å²) in [4.78, 5) is 0. The fraction of sp³-hybridized carbons (Fsp3) is 0.909. The molecule has 0 aliphatic heterocycles. The van der Waals surface area contributed by atoms with E-state index in [1.807, 2.05) is 0 Å². The molecule has 0 aromatic heterocycles. The largest absolute Gasteiger partial charge is 0.198 e. The average molecular weight is 244 g/mol. The number of nitriles is 1. The van der Waals surface area contributed by atoms with Gasteiger partial charge in [-0.1, -0.05) is 28.8 Å². The summed E-state index contributed by atoms with van der Waals surface area (Å²) in [6.07, 6.45) is 9.14. The van der Waals surface area contributed by atoms with Crippen molar-refractivity contribution in [2.45, 2.75) is 44.9 Å². The third-order valence-electron chi connectivity index (χ3n) is 3.05. The van der Waals surface area contributed by atoms with Crippen molar-refractivity contribution in [1.82, 2.24) is 0 Å². The number of halogens is 1. The standard InChI is InChI=1S/C6H9N.C5H9Br/c7-5-4-6-2-1-3-6;6-4-5-2-1-3-5/h6H,1-4H2;5H,1-4H2. The number of nitrogens with zero attached hydrogens (tertiary/aromatic N) is 1. The van der Waals surface area contributed by atoms with Gasteiger partial charge in [-0.2, -0.15) is 5.26 Å². The average Bonchev–Trinajstić information content (AvgIpc) is 1.96. The van der Waals surface area contributed by atoms with Crippen LogP contribution in [0.1, 0.15) is 44.9 Å². The van der Waals surface area contributed by atoms with Gasteiger partial charge in [0.1, 0.15) is 0 Å². The maximum absolute atomic E-state index is 8.15. The van der Waals surface area contributed by atoms with Crippen LogP contribution in [0.25, 0.3) is 0 Å². The van der Waals surface area contributed by atoms with Crippen LogP contribution in [0.5, 0.6) is 0 Å². The molecule has 2 rings (SSSR count). The molecule has 0 saturated heterocycles. The lowest BCUT2D eigenvalue weighted by Gasteiger charge is -2.21. The lowest BCUT2D eigenvalue weighted by molar-refractivity contribution is 0.322. The van der Waals surface area contributed by atoms with E-state index in [4.69, 9.17) is 5.26 Å². The highest BCUT2D eigenvalue weighted by molar-refractivity contribution is 9.09. The zero-order chi connectivity index (χ0) is 9.52. The molecule has 0 N–H and O–H groups in total. The molecular weight excluding hydrogens is 226 g/mol. The normalized spacial score (nSPS) is 21.8. The summed E-state index contributed by atoms with van der Waals surface area (Å²) >= 11 is 3.43. The first-order chi connectivity index (χ1) is 6.36. The number of rotatable bonds is 2. The fourth-order valence-electron chi connectivity index (χ4n) is 1.47. The van der Waals surface area contributed by atoms with E-state index in [1.165, 1.54) is 43.9 Å². The van der Waals surface area contributed by atoms with Crippen molar-refractivity contribution in [2.24, 2.45) is 11.8 Å². The minimum Gasteiger partial charge on any atom is -0.198 e. The Balaban J connectivity index is 0.000000132. The molecule has 0 amide bonds. The smallest absolute Gasteiger partial charge is 0.0624 e. The molecule has 13 heavy (non-hydrogen) atoms. The Morgan fingerprint density at radius 2 is 1.62 bits per heavy atom. The summed E-state index contributed by atoms with van der Waals surface area (Å²) in [5, 5.41) is 9.38. The minimum absolute atomic E-state index is 0.769. The SMILES string of the molecule is BrCC1CCC1.N#CCC1CCC1. The van der Waals surface area contributed by atoms with Crippen LogP contribution in [0.4, 0.5) is 0 Å². The first-order valence-electron chi connectivity index (χ1n) is 5.29. The molecular formula is C11H18BrN. The molecule has 0 unspecified atom stereocenters. The Hall–Kier alpha value is -0.0300. The van der Waals surface area contributed by atoms with Crippen molar-refractivity contribution in [2.75, 3.05) is 5.33 Å². The highest BCUT2D eigenvalue weighted by atomic mass is 79.9. The second kappa shape index (κ2) is 6.43. The Kier molecular flexibility index (Phi) is 5.46. The van der Waals surface area contributed by atoms with Gasteiger partial charge in [0.15, 0.2) is 0 Å². The van der Waals surface area contributed by atoms with E-state index in [1.54, 1.807) is 0 Å². The molecule has 0 spiro atoms. The van der Waals surface area contributed by atoms with E-state index < -0.39 is 0 Å². The first kappa shape index (κ1) is 11.0. The second-order valence-corrected chi connectivity index (χ2v) is 4.76. The molecule has 2 heteroatoms. The van der Waals surface area contributed by atoms with Crippen LogP contribution in [0.3, 0.4) is 0 Å². The van der Waals surface area contributed by atoms with Crippen molar-refractivity contribution in [1.29, 1.82) is 5.26 Å². The molecule has 0 aromatic carbocycles. The van der Waals surface area contributed by atoms with Crippen LogP contribution in [0.15, 0.2) is 0 Å². The van der Waals surface area contributed by atoms with Crippen LogP contribution in [0, 0.1) is 23.2 Å². The maximum Gasteiger partial charge on any atom is 0.0624 e. The fourth-order valence-corrected chi connectivity index (χ4v) is 2.12. The molecule has 0 bridgehead atoms. The number of hydrogen-bond acceptors (Lipinski definition) is 1. The monoisotopic (exact) mass is 243 g/mol. The van der Waals surface area contributed by atoms with Crippen LogP contribution < -0.4 is 0 Å². The molecule has 2 aliphatic carbocycles. The highest BCUT2D eigenvalue weighted by Crippen LogP contribution is 2.28. The number of hydrogen-bond donors (Lipinski definition) is 0. The quantitative estimate of drug-likeness (QED) is 0.676. The van der Waals surface area contributed by atoms with Crippen molar-refractivity contribution >= 4 is 15.9 Å². The van der Waals surface area contributed by atoms with Gasteiger partial charge in [-0.05, 0) is 37.5 Å². The predicted molar refractivity (Wildman–Crippen MR) is 58.7 cm³/mol. The lowest BCUT2D eigenvalue weighted by Crippen LogP contribution is -2.11. The summed E-state index contributed by atoms with van der Waals surface area (Å²) in [6, 6.07) is 2.17. The van der Waals surface area contributed by atoms with E-state index in [0.29, 0.717) is 0 Å². The van der Waals surface area contributed by atoms with Crippen LogP contribution in [0.2, 0.25) is 0 Å². The van der Waals surface area contributed by atoms with Crippen molar-refractivity contribution in [3.05, 3.63) is 0 Å². The van der Waals surface area contributed by atoms with Crippen molar-refractivity contribution in [3.63, 3.8) is 0 Å². The zero-order valence-corrected chi connectivity index (χ0v) is 9.72. The van der Waals surface area contributed by atoms with E-state index in [9.17, 15) is 0 Å². The summed E-state index contributed by atoms with van der Waals surface area (Å²) < 4.78 is 0. The van der Waals surface area contributed by atoms with Gasteiger partial charge in [0.05, 0.1) is 6.07 Å². The van der Waals surface area contributed by atoms with E-state index >= 15 is 0 Å². The maximum atomic E-state index is 8.15. The summed E-state index contributed by atoms with van der Waals surface area (Å²) in [6.45, 7) is 0. The molecule has 0 radical (unpaired) electrons. The Morgan fingerprint density at radius 3 is 1.69 bits per heavy atom. The second-order valence-electron chi connectivity index (χ2n) is 4.11. The molecule has 2 saturated carbocycles. The third kappa shape index (κ3) is 4.13. The van der Waals surface area contributed by atoms with Gasteiger partial charge in [0.25, 0.3) is 0 Å². The van der Waals surface area contributed by atoms with E-state index in [2.05, 4.69) is 22.0 Å². The molecule has 2 fully saturated rings. The minimum atomic E-state index is 0.769. The van der Waals surface area contributed by atoms with Crippen molar-refractivity contribution in [3.8, 4) is 6.07 Å². The lowest BCUT2D eigenvalue weighted by atomic mass is 9.84. The Bertz CT molecular complexity index is 163. The Labute approximate surface area is 89.6 Å². The third-order valence-corrected chi connectivity index (χ3v) is 3.96.